The smallest absolute Gasteiger partial charge is 0.193 e. The van der Waals surface area contributed by atoms with E-state index in [-0.39, 0.29) is 22.3 Å². The minimum absolute atomic E-state index is 0.0623. The van der Waals surface area contributed by atoms with Gasteiger partial charge in [-0.2, -0.15) is 0 Å². The predicted molar refractivity (Wildman–Crippen MR) is 107 cm³/mol. The molecular weight excluding hydrogens is 392 g/mol. The molecule has 0 bridgehead atoms. The highest BCUT2D eigenvalue weighted by molar-refractivity contribution is 6.09. The molecule has 0 saturated carbocycles. The zero-order valence-electron chi connectivity index (χ0n) is 15.5. The molecule has 1 nitrogen and oxygen atoms in total. The van der Waals surface area contributed by atoms with Gasteiger partial charge in [0.1, 0.15) is 23.3 Å². The van der Waals surface area contributed by atoms with Crippen LogP contribution >= 0.6 is 0 Å². The summed E-state index contributed by atoms with van der Waals surface area (Å²) in [5.74, 6) is -2.69. The molecule has 0 aliphatic heterocycles. The molecule has 148 valence electrons. The Hall–Kier alpha value is -3.73. The van der Waals surface area contributed by atoms with Crippen molar-refractivity contribution in [3.05, 3.63) is 119 Å². The lowest BCUT2D eigenvalue weighted by Gasteiger charge is -2.08. The summed E-state index contributed by atoms with van der Waals surface area (Å²) >= 11 is 0. The van der Waals surface area contributed by atoms with Crippen LogP contribution in [0.3, 0.4) is 0 Å². The van der Waals surface area contributed by atoms with Gasteiger partial charge in [-0.25, -0.2) is 17.6 Å². The topological polar surface area (TPSA) is 17.1 Å². The molecule has 5 heteroatoms. The van der Waals surface area contributed by atoms with E-state index in [9.17, 15) is 22.4 Å². The van der Waals surface area contributed by atoms with Crippen LogP contribution in [-0.4, -0.2) is 5.78 Å². The van der Waals surface area contributed by atoms with E-state index >= 15 is 0 Å². The molecule has 0 spiro atoms. The highest BCUT2D eigenvalue weighted by Gasteiger charge is 2.15. The van der Waals surface area contributed by atoms with Crippen LogP contribution in [0.15, 0.2) is 84.9 Å². The van der Waals surface area contributed by atoms with Crippen molar-refractivity contribution in [1.82, 2.24) is 0 Å². The molecule has 4 rings (SSSR count). The lowest BCUT2D eigenvalue weighted by atomic mass is 9.96. The Morgan fingerprint density at radius 2 is 0.867 bits per heavy atom. The summed E-state index contributed by atoms with van der Waals surface area (Å²) in [6.07, 6.45) is 0. The first-order valence-electron chi connectivity index (χ1n) is 9.08. The van der Waals surface area contributed by atoms with Crippen LogP contribution < -0.4 is 0 Å². The summed E-state index contributed by atoms with van der Waals surface area (Å²) in [5, 5.41) is 0. The molecule has 0 heterocycles. The molecule has 0 unspecified atom stereocenters. The van der Waals surface area contributed by atoms with Crippen molar-refractivity contribution >= 4 is 5.78 Å². The summed E-state index contributed by atoms with van der Waals surface area (Å²) in [6, 6.07) is 18.6. The van der Waals surface area contributed by atoms with Gasteiger partial charge in [-0.1, -0.05) is 48.5 Å². The first-order chi connectivity index (χ1) is 14.4. The fourth-order valence-corrected chi connectivity index (χ4v) is 3.21. The molecule has 0 radical (unpaired) electrons. The van der Waals surface area contributed by atoms with Crippen LogP contribution in [0.25, 0.3) is 22.3 Å². The molecule has 4 aromatic rings. The van der Waals surface area contributed by atoms with E-state index in [1.54, 1.807) is 0 Å². The number of hydrogen-bond donors (Lipinski definition) is 0. The molecule has 0 amide bonds. The monoisotopic (exact) mass is 406 g/mol. The SMILES string of the molecule is O=C(c1ccc(-c2ccc(F)cc2)c(F)c1)c1ccc(-c2ccc(F)cc2)c(F)c1. The van der Waals surface area contributed by atoms with Crippen molar-refractivity contribution in [2.24, 2.45) is 0 Å². The minimum Gasteiger partial charge on any atom is -0.289 e. The molecule has 0 atom stereocenters. The second-order valence-electron chi connectivity index (χ2n) is 6.73. The van der Waals surface area contributed by atoms with E-state index < -0.39 is 29.1 Å². The number of ketones is 1. The normalized spacial score (nSPS) is 10.8. The van der Waals surface area contributed by atoms with E-state index in [0.717, 1.165) is 12.1 Å². The van der Waals surface area contributed by atoms with Gasteiger partial charge in [0.25, 0.3) is 0 Å². The highest BCUT2D eigenvalue weighted by atomic mass is 19.1. The number of rotatable bonds is 4. The average Bonchev–Trinajstić information content (AvgIpc) is 2.74. The van der Waals surface area contributed by atoms with E-state index in [1.807, 2.05) is 0 Å². The summed E-state index contributed by atoms with van der Waals surface area (Å²) in [7, 11) is 0. The van der Waals surface area contributed by atoms with E-state index in [4.69, 9.17) is 0 Å². The van der Waals surface area contributed by atoms with Crippen molar-refractivity contribution in [2.45, 2.75) is 0 Å². The first-order valence-corrected chi connectivity index (χ1v) is 9.08. The maximum Gasteiger partial charge on any atom is 0.193 e. The number of carbonyl (C=O) groups is 1. The summed E-state index contributed by atoms with van der Waals surface area (Å²) in [6.45, 7) is 0. The lowest BCUT2D eigenvalue weighted by molar-refractivity contribution is 0.103. The standard InChI is InChI=1S/C25H14F4O/c26-19-7-1-15(2-8-19)21-11-5-17(13-23(21)28)25(30)18-6-12-22(24(29)14-18)16-3-9-20(27)10-4-16/h1-14H. The summed E-state index contributed by atoms with van der Waals surface area (Å²) in [5.41, 5.74) is 1.53. The Morgan fingerprint density at radius 3 is 1.20 bits per heavy atom. The number of hydrogen-bond acceptors (Lipinski definition) is 1. The van der Waals surface area contributed by atoms with Gasteiger partial charge in [-0.15, -0.1) is 0 Å². The van der Waals surface area contributed by atoms with Gasteiger partial charge < -0.3 is 0 Å². The molecule has 0 fully saturated rings. The number of carbonyl (C=O) groups excluding carboxylic acids is 1. The average molecular weight is 406 g/mol. The van der Waals surface area contributed by atoms with Gasteiger partial charge in [-0.3, -0.25) is 4.79 Å². The van der Waals surface area contributed by atoms with Gasteiger partial charge >= 0.3 is 0 Å². The molecule has 0 aliphatic carbocycles. The van der Waals surface area contributed by atoms with Gasteiger partial charge in [0.05, 0.1) is 0 Å². The van der Waals surface area contributed by atoms with Crippen LogP contribution in [0.4, 0.5) is 17.6 Å². The first kappa shape index (κ1) is 19.6. The summed E-state index contributed by atoms with van der Waals surface area (Å²) in [4.78, 5) is 12.7. The van der Waals surface area contributed by atoms with E-state index in [1.165, 1.54) is 72.8 Å². The predicted octanol–water partition coefficient (Wildman–Crippen LogP) is 6.81. The quantitative estimate of drug-likeness (QED) is 0.269. The van der Waals surface area contributed by atoms with Crippen molar-refractivity contribution in [3.8, 4) is 22.3 Å². The zero-order chi connectivity index (χ0) is 21.3. The summed E-state index contributed by atoms with van der Waals surface area (Å²) < 4.78 is 55.2. The van der Waals surface area contributed by atoms with Crippen LogP contribution in [0.5, 0.6) is 0 Å². The second-order valence-corrected chi connectivity index (χ2v) is 6.73. The van der Waals surface area contributed by atoms with Gasteiger partial charge in [0.2, 0.25) is 0 Å². The highest BCUT2D eigenvalue weighted by Crippen LogP contribution is 2.27. The molecule has 0 aromatic heterocycles. The Morgan fingerprint density at radius 1 is 0.500 bits per heavy atom. The number of halogens is 4. The van der Waals surface area contributed by atoms with Crippen molar-refractivity contribution in [3.63, 3.8) is 0 Å². The van der Waals surface area contributed by atoms with Crippen molar-refractivity contribution in [1.29, 1.82) is 0 Å². The van der Waals surface area contributed by atoms with Crippen molar-refractivity contribution < 1.29 is 22.4 Å². The third kappa shape index (κ3) is 3.87. The molecule has 0 N–H and O–H groups in total. The van der Waals surface area contributed by atoms with Gasteiger partial charge in [0.15, 0.2) is 5.78 Å². The Kier molecular flexibility index (Phi) is 5.19. The van der Waals surface area contributed by atoms with Gasteiger partial charge in [0, 0.05) is 22.3 Å². The fourth-order valence-electron chi connectivity index (χ4n) is 3.21. The minimum atomic E-state index is -0.643. The van der Waals surface area contributed by atoms with Crippen LogP contribution in [0.2, 0.25) is 0 Å². The van der Waals surface area contributed by atoms with Gasteiger partial charge in [-0.05, 0) is 47.5 Å². The fraction of sp³-hybridized carbons (Fsp3) is 0. The molecule has 30 heavy (non-hydrogen) atoms. The Bertz CT molecular complexity index is 1130. The number of benzene rings is 4. The third-order valence-corrected chi connectivity index (χ3v) is 4.77. The maximum atomic E-state index is 14.6. The molecular formula is C25H14F4O. The zero-order valence-corrected chi connectivity index (χ0v) is 15.5. The van der Waals surface area contributed by atoms with Crippen LogP contribution in [0, 0.1) is 23.3 Å². The van der Waals surface area contributed by atoms with Crippen LogP contribution in [0.1, 0.15) is 15.9 Å². The van der Waals surface area contributed by atoms with Crippen molar-refractivity contribution in [2.75, 3.05) is 0 Å². The largest absolute Gasteiger partial charge is 0.289 e. The maximum absolute atomic E-state index is 14.6. The molecule has 0 aliphatic rings. The Balaban J connectivity index is 1.63. The van der Waals surface area contributed by atoms with E-state index in [2.05, 4.69) is 0 Å². The van der Waals surface area contributed by atoms with E-state index in [0.29, 0.717) is 11.1 Å². The third-order valence-electron chi connectivity index (χ3n) is 4.77. The molecule has 4 aromatic carbocycles. The Labute approximate surface area is 170 Å². The second kappa shape index (κ2) is 7.95. The van der Waals surface area contributed by atoms with Crippen LogP contribution in [-0.2, 0) is 0 Å². The molecule has 0 saturated heterocycles. The lowest BCUT2D eigenvalue weighted by Crippen LogP contribution is -2.03.